The standard InChI is InChI=1S/C13H18N2O/c1-9(2)14-11-8-13(16)15(3)12-7-5-4-6-10(11)12/h4-7,9,11,14H,8H2,1-3H3. The van der Waals surface area contributed by atoms with Gasteiger partial charge in [0.15, 0.2) is 0 Å². The van der Waals surface area contributed by atoms with E-state index in [1.165, 1.54) is 5.56 Å². The van der Waals surface area contributed by atoms with Gasteiger partial charge in [0.2, 0.25) is 5.91 Å². The van der Waals surface area contributed by atoms with Crippen LogP contribution in [-0.2, 0) is 4.79 Å². The van der Waals surface area contributed by atoms with Crippen LogP contribution >= 0.6 is 0 Å². The summed E-state index contributed by atoms with van der Waals surface area (Å²) in [4.78, 5) is 13.6. The molecule has 1 unspecified atom stereocenters. The highest BCUT2D eigenvalue weighted by molar-refractivity contribution is 5.96. The van der Waals surface area contributed by atoms with Crippen LogP contribution in [0.2, 0.25) is 0 Å². The Morgan fingerprint density at radius 1 is 1.38 bits per heavy atom. The number of anilines is 1. The molecule has 0 bridgehead atoms. The zero-order valence-corrected chi connectivity index (χ0v) is 10.0. The van der Waals surface area contributed by atoms with Crippen molar-refractivity contribution < 1.29 is 4.79 Å². The Morgan fingerprint density at radius 3 is 2.75 bits per heavy atom. The average molecular weight is 218 g/mol. The third-order valence-corrected chi connectivity index (χ3v) is 2.96. The van der Waals surface area contributed by atoms with Crippen molar-refractivity contribution in [2.45, 2.75) is 32.4 Å². The number of benzene rings is 1. The van der Waals surface area contributed by atoms with E-state index in [9.17, 15) is 4.79 Å². The minimum atomic E-state index is 0.153. The molecule has 0 aromatic heterocycles. The highest BCUT2D eigenvalue weighted by Crippen LogP contribution is 2.33. The monoisotopic (exact) mass is 218 g/mol. The maximum Gasteiger partial charge on any atom is 0.228 e. The van der Waals surface area contributed by atoms with E-state index in [0.717, 1.165) is 5.69 Å². The molecule has 3 nitrogen and oxygen atoms in total. The molecule has 2 rings (SSSR count). The average Bonchev–Trinajstić information content (AvgIpc) is 2.25. The number of nitrogens with zero attached hydrogens (tertiary/aromatic N) is 1. The van der Waals surface area contributed by atoms with Gasteiger partial charge in [-0.15, -0.1) is 0 Å². The summed E-state index contributed by atoms with van der Waals surface area (Å²) in [6, 6.07) is 8.63. The fourth-order valence-electron chi connectivity index (χ4n) is 2.19. The van der Waals surface area contributed by atoms with E-state index in [1.807, 2.05) is 25.2 Å². The normalized spacial score (nSPS) is 20.1. The third kappa shape index (κ3) is 1.95. The quantitative estimate of drug-likeness (QED) is 0.824. The second-order valence-electron chi connectivity index (χ2n) is 4.59. The topological polar surface area (TPSA) is 32.3 Å². The van der Waals surface area contributed by atoms with Crippen molar-refractivity contribution in [2.24, 2.45) is 0 Å². The Labute approximate surface area is 96.5 Å². The molecule has 3 heteroatoms. The molecule has 1 N–H and O–H groups in total. The highest BCUT2D eigenvalue weighted by Gasteiger charge is 2.28. The van der Waals surface area contributed by atoms with E-state index in [-0.39, 0.29) is 11.9 Å². The molecule has 86 valence electrons. The summed E-state index contributed by atoms with van der Waals surface area (Å²) in [6.07, 6.45) is 0.547. The van der Waals surface area contributed by atoms with Crippen LogP contribution in [0.4, 0.5) is 5.69 Å². The van der Waals surface area contributed by atoms with Gasteiger partial charge >= 0.3 is 0 Å². The number of rotatable bonds is 2. The highest BCUT2D eigenvalue weighted by atomic mass is 16.2. The number of carbonyl (C=O) groups is 1. The van der Waals surface area contributed by atoms with Crippen molar-refractivity contribution in [1.29, 1.82) is 0 Å². The third-order valence-electron chi connectivity index (χ3n) is 2.96. The van der Waals surface area contributed by atoms with E-state index in [2.05, 4.69) is 25.2 Å². The second kappa shape index (κ2) is 4.26. The molecular formula is C13H18N2O. The van der Waals surface area contributed by atoms with Crippen LogP contribution in [0.15, 0.2) is 24.3 Å². The summed E-state index contributed by atoms with van der Waals surface area (Å²) in [5.41, 5.74) is 2.25. The van der Waals surface area contributed by atoms with Crippen LogP contribution in [-0.4, -0.2) is 19.0 Å². The van der Waals surface area contributed by atoms with Crippen LogP contribution in [0.3, 0.4) is 0 Å². The van der Waals surface area contributed by atoms with Crippen molar-refractivity contribution >= 4 is 11.6 Å². The van der Waals surface area contributed by atoms with E-state index in [0.29, 0.717) is 12.5 Å². The van der Waals surface area contributed by atoms with Gasteiger partial charge in [-0.2, -0.15) is 0 Å². The van der Waals surface area contributed by atoms with Crippen molar-refractivity contribution in [3.05, 3.63) is 29.8 Å². The molecule has 1 amide bonds. The maximum absolute atomic E-state index is 11.8. The number of amides is 1. The van der Waals surface area contributed by atoms with E-state index >= 15 is 0 Å². The van der Waals surface area contributed by atoms with Gasteiger partial charge in [0.1, 0.15) is 0 Å². The van der Waals surface area contributed by atoms with Gasteiger partial charge < -0.3 is 10.2 Å². The molecule has 16 heavy (non-hydrogen) atoms. The SMILES string of the molecule is CC(C)NC1CC(=O)N(C)c2ccccc21. The number of carbonyl (C=O) groups excluding carboxylic acids is 1. The first-order chi connectivity index (χ1) is 7.59. The first-order valence-electron chi connectivity index (χ1n) is 5.71. The van der Waals surface area contributed by atoms with Gasteiger partial charge in [0, 0.05) is 31.2 Å². The van der Waals surface area contributed by atoms with Gasteiger partial charge in [-0.25, -0.2) is 0 Å². The number of nitrogens with one attached hydrogen (secondary N) is 1. The minimum Gasteiger partial charge on any atom is -0.315 e. The molecule has 1 aromatic rings. The Balaban J connectivity index is 2.37. The fourth-order valence-corrected chi connectivity index (χ4v) is 2.19. The van der Waals surface area contributed by atoms with Crippen molar-refractivity contribution in [2.75, 3.05) is 11.9 Å². The molecular weight excluding hydrogens is 200 g/mol. The van der Waals surface area contributed by atoms with Crippen molar-refractivity contribution in [3.8, 4) is 0 Å². The van der Waals surface area contributed by atoms with E-state index < -0.39 is 0 Å². The number of hydrogen-bond acceptors (Lipinski definition) is 2. The Morgan fingerprint density at radius 2 is 2.06 bits per heavy atom. The number of para-hydroxylation sites is 1. The van der Waals surface area contributed by atoms with Crippen molar-refractivity contribution in [3.63, 3.8) is 0 Å². The zero-order chi connectivity index (χ0) is 11.7. The molecule has 1 aliphatic rings. The number of fused-ring (bicyclic) bond motifs is 1. The maximum atomic E-state index is 11.8. The van der Waals surface area contributed by atoms with Gasteiger partial charge in [-0.05, 0) is 11.6 Å². The lowest BCUT2D eigenvalue weighted by atomic mass is 9.95. The van der Waals surface area contributed by atoms with Gasteiger partial charge in [0.05, 0.1) is 0 Å². The lowest BCUT2D eigenvalue weighted by Gasteiger charge is -2.33. The lowest BCUT2D eigenvalue weighted by molar-refractivity contribution is -0.119. The largest absolute Gasteiger partial charge is 0.315 e. The predicted molar refractivity (Wildman–Crippen MR) is 65.5 cm³/mol. The van der Waals surface area contributed by atoms with Crippen LogP contribution < -0.4 is 10.2 Å². The smallest absolute Gasteiger partial charge is 0.228 e. The van der Waals surface area contributed by atoms with Crippen LogP contribution in [0, 0.1) is 0 Å². The van der Waals surface area contributed by atoms with E-state index in [4.69, 9.17) is 0 Å². The Bertz CT molecular complexity index is 401. The van der Waals surface area contributed by atoms with Gasteiger partial charge in [-0.3, -0.25) is 4.79 Å². The zero-order valence-electron chi connectivity index (χ0n) is 10.0. The molecule has 1 atom stereocenters. The Hall–Kier alpha value is -1.35. The summed E-state index contributed by atoms with van der Waals surface area (Å²) < 4.78 is 0. The summed E-state index contributed by atoms with van der Waals surface area (Å²) in [5, 5.41) is 3.44. The molecule has 0 fully saturated rings. The molecule has 1 aliphatic heterocycles. The lowest BCUT2D eigenvalue weighted by Crippen LogP contribution is -2.39. The number of hydrogen-bond donors (Lipinski definition) is 1. The van der Waals surface area contributed by atoms with E-state index in [1.54, 1.807) is 4.90 Å². The van der Waals surface area contributed by atoms with Crippen LogP contribution in [0.5, 0.6) is 0 Å². The van der Waals surface area contributed by atoms with Crippen LogP contribution in [0.25, 0.3) is 0 Å². The molecule has 0 aliphatic carbocycles. The Kier molecular flexibility index (Phi) is 2.97. The first kappa shape index (κ1) is 11.1. The molecule has 0 saturated heterocycles. The van der Waals surface area contributed by atoms with Gasteiger partial charge in [-0.1, -0.05) is 32.0 Å². The molecule has 0 radical (unpaired) electrons. The predicted octanol–water partition coefficient (Wildman–Crippen LogP) is 2.09. The molecule has 1 aromatic carbocycles. The summed E-state index contributed by atoms with van der Waals surface area (Å²) >= 11 is 0. The molecule has 0 spiro atoms. The fraction of sp³-hybridized carbons (Fsp3) is 0.462. The molecule has 0 saturated carbocycles. The van der Waals surface area contributed by atoms with Crippen LogP contribution in [0.1, 0.15) is 31.9 Å². The van der Waals surface area contributed by atoms with Crippen molar-refractivity contribution in [1.82, 2.24) is 5.32 Å². The summed E-state index contributed by atoms with van der Waals surface area (Å²) in [7, 11) is 1.84. The summed E-state index contributed by atoms with van der Waals surface area (Å²) in [5.74, 6) is 0.178. The second-order valence-corrected chi connectivity index (χ2v) is 4.59. The molecule has 1 heterocycles. The van der Waals surface area contributed by atoms with Gasteiger partial charge in [0.25, 0.3) is 0 Å². The minimum absolute atomic E-state index is 0.153. The first-order valence-corrected chi connectivity index (χ1v) is 5.71. The summed E-state index contributed by atoms with van der Waals surface area (Å²) in [6.45, 7) is 4.21.